The van der Waals surface area contributed by atoms with E-state index in [0.717, 1.165) is 25.7 Å². The topological polar surface area (TPSA) is 26.3 Å². The largest absolute Gasteiger partial charge is 0.466 e. The highest BCUT2D eigenvalue weighted by atomic mass is 16.5. The minimum absolute atomic E-state index is 0.0561. The maximum atomic E-state index is 11.4. The van der Waals surface area contributed by atoms with E-state index in [4.69, 9.17) is 4.74 Å². The van der Waals surface area contributed by atoms with Crippen molar-refractivity contribution in [1.29, 1.82) is 0 Å². The van der Waals surface area contributed by atoms with E-state index in [1.807, 2.05) is 26.0 Å². The maximum Gasteiger partial charge on any atom is 0.306 e. The first-order chi connectivity index (χ1) is 11.7. The minimum Gasteiger partial charge on any atom is -0.466 e. The van der Waals surface area contributed by atoms with Crippen LogP contribution in [0.3, 0.4) is 0 Å². The molecular weight excluding hydrogens is 296 g/mol. The molecule has 136 valence electrons. The summed E-state index contributed by atoms with van der Waals surface area (Å²) in [5.41, 5.74) is 0. The number of esters is 1. The fraction of sp³-hybridized carbons (Fsp3) is 0.591. The summed E-state index contributed by atoms with van der Waals surface area (Å²) in [5.74, 6) is 0.328. The van der Waals surface area contributed by atoms with E-state index < -0.39 is 0 Å². The summed E-state index contributed by atoms with van der Waals surface area (Å²) in [6.07, 6.45) is 25.3. The highest BCUT2D eigenvalue weighted by molar-refractivity contribution is 5.69. The van der Waals surface area contributed by atoms with Gasteiger partial charge in [0.2, 0.25) is 0 Å². The Bertz CT molecular complexity index is 400. The molecule has 0 rings (SSSR count). The van der Waals surface area contributed by atoms with Crippen LogP contribution in [0.15, 0.2) is 48.6 Å². The lowest BCUT2D eigenvalue weighted by Gasteiger charge is -2.06. The summed E-state index contributed by atoms with van der Waals surface area (Å²) < 4.78 is 5.20. The van der Waals surface area contributed by atoms with Crippen LogP contribution < -0.4 is 0 Å². The monoisotopic (exact) mass is 332 g/mol. The van der Waals surface area contributed by atoms with Crippen LogP contribution in [0.2, 0.25) is 0 Å². The molecule has 24 heavy (non-hydrogen) atoms. The molecule has 0 amide bonds. The quantitative estimate of drug-likeness (QED) is 0.205. The van der Waals surface area contributed by atoms with Crippen molar-refractivity contribution in [3.8, 4) is 0 Å². The molecule has 0 saturated carbocycles. The summed E-state index contributed by atoms with van der Waals surface area (Å²) >= 11 is 0. The Kier molecular flexibility index (Phi) is 16.6. The van der Waals surface area contributed by atoms with Crippen molar-refractivity contribution in [2.75, 3.05) is 6.61 Å². The molecule has 0 unspecified atom stereocenters. The van der Waals surface area contributed by atoms with Gasteiger partial charge in [-0.1, -0.05) is 88.6 Å². The van der Waals surface area contributed by atoms with Crippen molar-refractivity contribution in [1.82, 2.24) is 0 Å². The molecule has 0 radical (unpaired) electrons. The minimum atomic E-state index is -0.0561. The Morgan fingerprint density at radius 3 is 2.08 bits per heavy atom. The van der Waals surface area contributed by atoms with E-state index in [-0.39, 0.29) is 5.97 Å². The van der Waals surface area contributed by atoms with Crippen LogP contribution >= 0.6 is 0 Å². The van der Waals surface area contributed by atoms with E-state index in [2.05, 4.69) is 43.4 Å². The van der Waals surface area contributed by atoms with Crippen molar-refractivity contribution in [2.24, 2.45) is 5.92 Å². The smallest absolute Gasteiger partial charge is 0.306 e. The molecule has 0 bridgehead atoms. The zero-order valence-electron chi connectivity index (χ0n) is 15.9. The van der Waals surface area contributed by atoms with Gasteiger partial charge in [0.05, 0.1) is 6.61 Å². The predicted octanol–water partition coefficient (Wildman–Crippen LogP) is 6.55. The lowest BCUT2D eigenvalue weighted by molar-refractivity contribution is -0.144. The van der Waals surface area contributed by atoms with Gasteiger partial charge in [-0.15, -0.1) is 0 Å². The van der Waals surface area contributed by atoms with Gasteiger partial charge in [-0.05, 0) is 31.6 Å². The molecule has 0 spiro atoms. The van der Waals surface area contributed by atoms with Crippen molar-refractivity contribution in [3.05, 3.63) is 48.6 Å². The fourth-order valence-electron chi connectivity index (χ4n) is 2.12. The van der Waals surface area contributed by atoms with Gasteiger partial charge in [0.15, 0.2) is 0 Å². The van der Waals surface area contributed by atoms with Gasteiger partial charge in [-0.3, -0.25) is 4.79 Å². The van der Waals surface area contributed by atoms with Crippen molar-refractivity contribution >= 4 is 5.97 Å². The Hall–Kier alpha value is -1.57. The van der Waals surface area contributed by atoms with Gasteiger partial charge in [0.25, 0.3) is 0 Å². The standard InChI is InChI=1S/C22H36O2/c1-4-5-6-7-8-9-10-11-12-13-14-15-16-17-18-19-24-22(23)20-21(2)3/h5-12,21H,4,13-20H2,1-3H3. The SMILES string of the molecule is CCC=CC=CC=CC=CCCCCCCCOC(=O)CC(C)C. The molecule has 2 nitrogen and oxygen atoms in total. The molecule has 0 aliphatic carbocycles. The van der Waals surface area contributed by atoms with Crippen molar-refractivity contribution in [2.45, 2.75) is 72.1 Å². The first kappa shape index (κ1) is 22.4. The number of ether oxygens (including phenoxy) is 1. The summed E-state index contributed by atoms with van der Waals surface area (Å²) in [5, 5.41) is 0. The molecule has 0 saturated heterocycles. The number of carbonyl (C=O) groups excluding carboxylic acids is 1. The first-order valence-corrected chi connectivity index (χ1v) is 9.47. The summed E-state index contributed by atoms with van der Waals surface area (Å²) in [7, 11) is 0. The maximum absolute atomic E-state index is 11.4. The molecule has 0 fully saturated rings. The lowest BCUT2D eigenvalue weighted by atomic mass is 10.1. The summed E-state index contributed by atoms with van der Waals surface area (Å²) in [4.78, 5) is 11.4. The van der Waals surface area contributed by atoms with E-state index in [1.54, 1.807) is 0 Å². The van der Waals surface area contributed by atoms with Gasteiger partial charge in [-0.25, -0.2) is 0 Å². The Morgan fingerprint density at radius 2 is 1.42 bits per heavy atom. The number of hydrogen-bond acceptors (Lipinski definition) is 2. The summed E-state index contributed by atoms with van der Waals surface area (Å²) in [6, 6.07) is 0. The number of allylic oxidation sites excluding steroid dienone is 8. The second-order valence-corrected chi connectivity index (χ2v) is 6.41. The van der Waals surface area contributed by atoms with E-state index in [9.17, 15) is 4.79 Å². The number of carbonyl (C=O) groups is 1. The third-order valence-corrected chi connectivity index (χ3v) is 3.42. The molecule has 0 aliphatic rings. The van der Waals surface area contributed by atoms with Gasteiger partial charge in [-0.2, -0.15) is 0 Å². The molecule has 0 atom stereocenters. The van der Waals surface area contributed by atoms with Crippen molar-refractivity contribution < 1.29 is 9.53 Å². The average Bonchev–Trinajstić information content (AvgIpc) is 2.53. The highest BCUT2D eigenvalue weighted by Crippen LogP contribution is 2.07. The third-order valence-electron chi connectivity index (χ3n) is 3.42. The van der Waals surface area contributed by atoms with Crippen LogP contribution in [0.4, 0.5) is 0 Å². The number of hydrogen-bond donors (Lipinski definition) is 0. The molecule has 0 aromatic rings. The molecule has 0 N–H and O–H groups in total. The third kappa shape index (κ3) is 18.5. The normalized spacial score (nSPS) is 12.5. The van der Waals surface area contributed by atoms with Crippen molar-refractivity contribution in [3.63, 3.8) is 0 Å². The van der Waals surface area contributed by atoms with Crippen LogP contribution in [0.25, 0.3) is 0 Å². The van der Waals surface area contributed by atoms with Gasteiger partial charge >= 0.3 is 5.97 Å². The zero-order chi connectivity index (χ0) is 17.9. The van der Waals surface area contributed by atoms with Crippen LogP contribution in [0.1, 0.15) is 72.1 Å². The Balaban J connectivity index is 3.37. The Labute approximate surface area is 149 Å². The van der Waals surface area contributed by atoms with E-state index >= 15 is 0 Å². The first-order valence-electron chi connectivity index (χ1n) is 9.47. The highest BCUT2D eigenvalue weighted by Gasteiger charge is 2.04. The van der Waals surface area contributed by atoms with Gasteiger partial charge in [0, 0.05) is 6.42 Å². The average molecular weight is 333 g/mol. The second-order valence-electron chi connectivity index (χ2n) is 6.41. The van der Waals surface area contributed by atoms with E-state index in [1.165, 1.54) is 19.3 Å². The van der Waals surface area contributed by atoms with E-state index in [0.29, 0.717) is 18.9 Å². The number of rotatable bonds is 14. The van der Waals surface area contributed by atoms with Crippen LogP contribution in [-0.4, -0.2) is 12.6 Å². The lowest BCUT2D eigenvalue weighted by Crippen LogP contribution is -2.08. The molecule has 0 aromatic heterocycles. The van der Waals surface area contributed by atoms with Gasteiger partial charge in [0.1, 0.15) is 0 Å². The summed E-state index contributed by atoms with van der Waals surface area (Å²) in [6.45, 7) is 6.78. The fourth-order valence-corrected chi connectivity index (χ4v) is 2.12. The molecule has 2 heteroatoms. The zero-order valence-corrected chi connectivity index (χ0v) is 15.9. The molecule has 0 heterocycles. The second kappa shape index (κ2) is 17.8. The van der Waals surface area contributed by atoms with Crippen LogP contribution in [-0.2, 0) is 9.53 Å². The number of unbranched alkanes of at least 4 members (excludes halogenated alkanes) is 5. The molecular formula is C22H36O2. The van der Waals surface area contributed by atoms with Gasteiger partial charge < -0.3 is 4.74 Å². The van der Waals surface area contributed by atoms with Crippen LogP contribution in [0.5, 0.6) is 0 Å². The molecule has 0 aliphatic heterocycles. The molecule has 0 aromatic carbocycles. The predicted molar refractivity (Wildman–Crippen MR) is 105 cm³/mol. The van der Waals surface area contributed by atoms with Crippen LogP contribution in [0, 0.1) is 5.92 Å². The Morgan fingerprint density at radius 1 is 0.833 bits per heavy atom.